The van der Waals surface area contributed by atoms with Crippen LogP contribution in [0.4, 0.5) is 5.69 Å². The molecule has 5 rings (SSSR count). The first kappa shape index (κ1) is 31.5. The van der Waals surface area contributed by atoms with Gasteiger partial charge < -0.3 is 33.7 Å². The molecule has 1 heterocycles. The van der Waals surface area contributed by atoms with Crippen LogP contribution in [0.15, 0.2) is 85.1 Å². The molecule has 1 N–H and O–H groups in total. The zero-order valence-electron chi connectivity index (χ0n) is 26.1. The van der Waals surface area contributed by atoms with Crippen molar-refractivity contribution in [3.63, 3.8) is 0 Å². The van der Waals surface area contributed by atoms with Gasteiger partial charge in [0, 0.05) is 0 Å². The smallest absolute Gasteiger partial charge is 0.277 e. The van der Waals surface area contributed by atoms with Crippen molar-refractivity contribution in [1.82, 2.24) is 15.0 Å². The Bertz CT molecular complexity index is 1810. The second-order valence-electron chi connectivity index (χ2n) is 9.91. The number of aromatic nitrogens is 3. The normalized spacial score (nSPS) is 10.8. The summed E-state index contributed by atoms with van der Waals surface area (Å²) in [6.45, 7) is 0.393. The topological polar surface area (TPSA) is 115 Å². The molecule has 46 heavy (non-hydrogen) atoms. The van der Waals surface area contributed by atoms with Crippen LogP contribution in [0.3, 0.4) is 0 Å². The van der Waals surface area contributed by atoms with E-state index < -0.39 is 5.91 Å². The zero-order chi connectivity index (χ0) is 32.5. The Morgan fingerprint density at radius 2 is 1.33 bits per heavy atom. The van der Waals surface area contributed by atoms with Crippen LogP contribution in [0.25, 0.3) is 12.2 Å². The summed E-state index contributed by atoms with van der Waals surface area (Å²) in [5.74, 6) is 3.34. The molecule has 0 saturated heterocycles. The maximum absolute atomic E-state index is 13.3. The van der Waals surface area contributed by atoms with Gasteiger partial charge in [-0.1, -0.05) is 47.7 Å². The number of hydrogen-bond acceptors (Lipinski definition) is 9. The van der Waals surface area contributed by atoms with E-state index >= 15 is 0 Å². The number of carbonyl (C=O) groups excluding carboxylic acids is 1. The Hall–Kier alpha value is -5.97. The van der Waals surface area contributed by atoms with E-state index in [0.717, 1.165) is 22.4 Å². The Morgan fingerprint density at radius 3 is 1.96 bits per heavy atom. The Morgan fingerprint density at radius 1 is 0.717 bits per heavy atom. The molecule has 1 amide bonds. The SMILES string of the molecule is COc1cc(/C=C\c2cc(OC)c(OC)c(OC)c2)cc(NC(=O)c2cn(Cc3cccc(Oc4ccccc4)c3)nn2)c1OC. The van der Waals surface area contributed by atoms with Crippen LogP contribution in [0.1, 0.15) is 27.2 Å². The van der Waals surface area contributed by atoms with Crippen molar-refractivity contribution in [3.05, 3.63) is 107 Å². The highest BCUT2D eigenvalue weighted by Crippen LogP contribution is 2.40. The summed E-state index contributed by atoms with van der Waals surface area (Å²) in [5, 5.41) is 11.1. The summed E-state index contributed by atoms with van der Waals surface area (Å²) in [7, 11) is 7.71. The summed E-state index contributed by atoms with van der Waals surface area (Å²) in [4.78, 5) is 13.3. The van der Waals surface area contributed by atoms with E-state index in [1.165, 1.54) is 14.2 Å². The van der Waals surface area contributed by atoms with E-state index in [4.69, 9.17) is 28.4 Å². The predicted octanol–water partition coefficient (Wildman–Crippen LogP) is 6.58. The van der Waals surface area contributed by atoms with Gasteiger partial charge in [-0.3, -0.25) is 4.79 Å². The van der Waals surface area contributed by atoms with Crippen LogP contribution >= 0.6 is 0 Å². The molecule has 4 aromatic carbocycles. The molecule has 0 atom stereocenters. The van der Waals surface area contributed by atoms with E-state index in [2.05, 4.69) is 15.6 Å². The molecule has 11 nitrogen and oxygen atoms in total. The van der Waals surface area contributed by atoms with Crippen LogP contribution in [-0.2, 0) is 6.54 Å². The monoisotopic (exact) mass is 622 g/mol. The van der Waals surface area contributed by atoms with Gasteiger partial charge in [0.05, 0.1) is 54.0 Å². The van der Waals surface area contributed by atoms with Gasteiger partial charge in [0.1, 0.15) is 11.5 Å². The molecule has 1 aromatic heterocycles. The number of amides is 1. The highest BCUT2D eigenvalue weighted by molar-refractivity contribution is 6.04. The lowest BCUT2D eigenvalue weighted by atomic mass is 10.1. The fourth-order valence-corrected chi connectivity index (χ4v) is 4.75. The van der Waals surface area contributed by atoms with Gasteiger partial charge in [-0.2, -0.15) is 0 Å². The van der Waals surface area contributed by atoms with E-state index in [-0.39, 0.29) is 5.69 Å². The van der Waals surface area contributed by atoms with Crippen molar-refractivity contribution in [2.24, 2.45) is 0 Å². The van der Waals surface area contributed by atoms with Gasteiger partial charge in [-0.25, -0.2) is 4.68 Å². The van der Waals surface area contributed by atoms with Crippen LogP contribution in [0.2, 0.25) is 0 Å². The number of nitrogens with zero attached hydrogens (tertiary/aromatic N) is 3. The predicted molar refractivity (Wildman–Crippen MR) is 175 cm³/mol. The molecule has 0 spiro atoms. The molecule has 0 fully saturated rings. The number of ether oxygens (including phenoxy) is 6. The number of benzene rings is 4. The van der Waals surface area contributed by atoms with Crippen molar-refractivity contribution < 1.29 is 33.2 Å². The number of rotatable bonds is 13. The Labute approximate surface area is 266 Å². The largest absolute Gasteiger partial charge is 0.493 e. The zero-order valence-corrected chi connectivity index (χ0v) is 26.1. The summed E-state index contributed by atoms with van der Waals surface area (Å²) < 4.78 is 35.0. The second kappa shape index (κ2) is 14.7. The highest BCUT2D eigenvalue weighted by atomic mass is 16.5. The average molecular weight is 623 g/mol. The summed E-state index contributed by atoms with van der Waals surface area (Å²) >= 11 is 0. The molecular formula is C35H34N4O7. The molecule has 0 unspecified atom stereocenters. The number of hydrogen-bond donors (Lipinski definition) is 1. The lowest BCUT2D eigenvalue weighted by molar-refractivity contribution is 0.102. The minimum Gasteiger partial charge on any atom is -0.493 e. The quantitative estimate of drug-likeness (QED) is 0.145. The van der Waals surface area contributed by atoms with Gasteiger partial charge >= 0.3 is 0 Å². The number of anilines is 1. The van der Waals surface area contributed by atoms with E-state index in [0.29, 0.717) is 46.7 Å². The first-order valence-electron chi connectivity index (χ1n) is 14.2. The molecule has 5 aromatic rings. The van der Waals surface area contributed by atoms with Crippen LogP contribution in [-0.4, -0.2) is 56.5 Å². The van der Waals surface area contributed by atoms with Gasteiger partial charge in [0.2, 0.25) is 5.75 Å². The van der Waals surface area contributed by atoms with Gasteiger partial charge in [-0.15, -0.1) is 5.10 Å². The molecular weight excluding hydrogens is 588 g/mol. The maximum atomic E-state index is 13.3. The second-order valence-corrected chi connectivity index (χ2v) is 9.91. The summed E-state index contributed by atoms with van der Waals surface area (Å²) in [6.07, 6.45) is 5.32. The van der Waals surface area contributed by atoms with Crippen molar-refractivity contribution in [2.45, 2.75) is 6.54 Å². The third-order valence-electron chi connectivity index (χ3n) is 6.90. The third kappa shape index (κ3) is 7.39. The summed E-state index contributed by atoms with van der Waals surface area (Å²) in [6, 6.07) is 24.4. The van der Waals surface area contributed by atoms with E-state index in [1.807, 2.05) is 78.9 Å². The van der Waals surface area contributed by atoms with E-state index in [9.17, 15) is 4.79 Å². The first-order chi connectivity index (χ1) is 22.4. The molecule has 0 aliphatic carbocycles. The lowest BCUT2D eigenvalue weighted by Gasteiger charge is -2.15. The number of nitrogens with one attached hydrogen (secondary N) is 1. The van der Waals surface area contributed by atoms with Crippen molar-refractivity contribution in [3.8, 4) is 40.2 Å². The van der Waals surface area contributed by atoms with E-state index in [1.54, 1.807) is 44.3 Å². The molecule has 0 aliphatic heterocycles. The third-order valence-corrected chi connectivity index (χ3v) is 6.90. The molecule has 0 bridgehead atoms. The minimum atomic E-state index is -0.460. The molecule has 0 radical (unpaired) electrons. The standard InChI is InChI=1S/C35H34N4O7/c1-41-30-18-23(14-15-24-19-31(42-2)34(45-5)32(20-24)43-3)17-28(33(30)44-4)36-35(40)29-22-39(38-37-29)21-25-10-9-13-27(16-25)46-26-11-7-6-8-12-26/h6-20,22H,21H2,1-5H3,(H,36,40)/b15-14-. The Balaban J connectivity index is 1.33. The highest BCUT2D eigenvalue weighted by Gasteiger charge is 2.18. The fraction of sp³-hybridized carbons (Fsp3) is 0.171. The first-order valence-corrected chi connectivity index (χ1v) is 14.2. The number of carbonyl (C=O) groups is 1. The van der Waals surface area contributed by atoms with Crippen molar-refractivity contribution >= 4 is 23.7 Å². The molecule has 11 heteroatoms. The Kier molecular flexibility index (Phi) is 10.0. The fourth-order valence-electron chi connectivity index (χ4n) is 4.75. The molecule has 0 aliphatic rings. The molecule has 0 saturated carbocycles. The van der Waals surface area contributed by atoms with Crippen LogP contribution in [0.5, 0.6) is 40.2 Å². The van der Waals surface area contributed by atoms with Gasteiger partial charge in [-0.05, 0) is 65.2 Å². The maximum Gasteiger partial charge on any atom is 0.277 e. The van der Waals surface area contributed by atoms with Crippen LogP contribution in [0, 0.1) is 0 Å². The number of para-hydroxylation sites is 1. The van der Waals surface area contributed by atoms with Gasteiger partial charge in [0.15, 0.2) is 28.7 Å². The minimum absolute atomic E-state index is 0.135. The number of methoxy groups -OCH3 is 5. The molecule has 236 valence electrons. The van der Waals surface area contributed by atoms with Crippen molar-refractivity contribution in [1.29, 1.82) is 0 Å². The average Bonchev–Trinajstić information content (AvgIpc) is 3.55. The summed E-state index contributed by atoms with van der Waals surface area (Å²) in [5.41, 5.74) is 3.02. The van der Waals surface area contributed by atoms with Crippen molar-refractivity contribution in [2.75, 3.05) is 40.9 Å². The van der Waals surface area contributed by atoms with Gasteiger partial charge in [0.25, 0.3) is 5.91 Å². The van der Waals surface area contributed by atoms with Crippen LogP contribution < -0.4 is 33.7 Å². The lowest BCUT2D eigenvalue weighted by Crippen LogP contribution is -2.13.